The molecule has 1 heterocycles. The van der Waals surface area contributed by atoms with Gasteiger partial charge in [0, 0.05) is 37.4 Å². The topological polar surface area (TPSA) is 69.7 Å². The van der Waals surface area contributed by atoms with Gasteiger partial charge < -0.3 is 9.80 Å². The molecule has 0 aromatic heterocycles. The Kier molecular flexibility index (Phi) is 6.39. The van der Waals surface area contributed by atoms with E-state index in [1.165, 1.54) is 17.7 Å². The van der Waals surface area contributed by atoms with Gasteiger partial charge in [-0.2, -0.15) is 0 Å². The first-order chi connectivity index (χ1) is 15.3. The molecule has 32 heavy (non-hydrogen) atoms. The average Bonchev–Trinajstić information content (AvgIpc) is 2.80. The summed E-state index contributed by atoms with van der Waals surface area (Å²) >= 11 is 6.05. The van der Waals surface area contributed by atoms with Gasteiger partial charge in [-0.25, -0.2) is 8.42 Å². The van der Waals surface area contributed by atoms with E-state index in [0.717, 1.165) is 18.8 Å². The van der Waals surface area contributed by atoms with Crippen LogP contribution >= 0.6 is 11.6 Å². The summed E-state index contributed by atoms with van der Waals surface area (Å²) in [6.45, 7) is 4.80. The lowest BCUT2D eigenvalue weighted by Crippen LogP contribution is -2.48. The molecule has 0 atom stereocenters. The molecule has 1 aliphatic rings. The smallest absolute Gasteiger partial charge is 0.261 e. The zero-order valence-corrected chi connectivity index (χ0v) is 19.2. The number of carbonyl (C=O) groups is 1. The largest absolute Gasteiger partial charge is 0.368 e. The number of amides is 1. The van der Waals surface area contributed by atoms with Crippen LogP contribution < -0.4 is 9.62 Å². The first-order valence-electron chi connectivity index (χ1n) is 10.3. The predicted octanol–water partition coefficient (Wildman–Crippen LogP) is 4.41. The molecule has 8 heteroatoms. The van der Waals surface area contributed by atoms with Crippen molar-refractivity contribution in [1.29, 1.82) is 0 Å². The predicted molar refractivity (Wildman–Crippen MR) is 128 cm³/mol. The highest BCUT2D eigenvalue weighted by Crippen LogP contribution is 2.24. The maximum Gasteiger partial charge on any atom is 0.261 e. The van der Waals surface area contributed by atoms with E-state index in [2.05, 4.69) is 34.7 Å². The minimum absolute atomic E-state index is 0.0678. The average molecular weight is 470 g/mol. The molecule has 3 aromatic carbocycles. The van der Waals surface area contributed by atoms with E-state index in [4.69, 9.17) is 11.6 Å². The Hall–Kier alpha value is -3.03. The van der Waals surface area contributed by atoms with Crippen molar-refractivity contribution in [2.45, 2.75) is 11.8 Å². The third-order valence-electron chi connectivity index (χ3n) is 5.46. The third-order valence-corrected chi connectivity index (χ3v) is 7.17. The molecule has 3 aromatic rings. The van der Waals surface area contributed by atoms with E-state index in [0.29, 0.717) is 29.4 Å². The number of benzene rings is 3. The van der Waals surface area contributed by atoms with E-state index in [1.54, 1.807) is 41.3 Å². The van der Waals surface area contributed by atoms with Gasteiger partial charge in [-0.15, -0.1) is 0 Å². The summed E-state index contributed by atoms with van der Waals surface area (Å²) < 4.78 is 27.8. The summed E-state index contributed by atoms with van der Waals surface area (Å²) in [5.74, 6) is -0.100. The van der Waals surface area contributed by atoms with Crippen LogP contribution in [0.1, 0.15) is 15.9 Å². The number of carbonyl (C=O) groups excluding carboxylic acids is 1. The first-order valence-corrected chi connectivity index (χ1v) is 12.2. The molecule has 1 aliphatic heterocycles. The summed E-state index contributed by atoms with van der Waals surface area (Å²) in [6, 6.07) is 20.9. The number of nitrogens with zero attached hydrogens (tertiary/aromatic N) is 2. The fraction of sp³-hybridized carbons (Fsp3) is 0.208. The highest BCUT2D eigenvalue weighted by Gasteiger charge is 2.23. The molecule has 1 N–H and O–H groups in total. The lowest BCUT2D eigenvalue weighted by Gasteiger charge is -2.36. The van der Waals surface area contributed by atoms with Crippen molar-refractivity contribution in [3.63, 3.8) is 0 Å². The molecule has 0 bridgehead atoms. The molecule has 1 fully saturated rings. The van der Waals surface area contributed by atoms with E-state index in [1.807, 2.05) is 6.07 Å². The number of anilines is 2. The molecular weight excluding hydrogens is 446 g/mol. The van der Waals surface area contributed by atoms with Gasteiger partial charge in [0.1, 0.15) is 0 Å². The van der Waals surface area contributed by atoms with Crippen LogP contribution in [0.4, 0.5) is 11.4 Å². The molecule has 0 spiro atoms. The molecule has 0 radical (unpaired) electrons. The number of piperazine rings is 1. The van der Waals surface area contributed by atoms with Gasteiger partial charge in [-0.1, -0.05) is 35.9 Å². The first kappa shape index (κ1) is 22.2. The van der Waals surface area contributed by atoms with Gasteiger partial charge in [-0.05, 0) is 61.0 Å². The molecule has 166 valence electrons. The summed E-state index contributed by atoms with van der Waals surface area (Å²) in [7, 11) is -3.81. The maximum absolute atomic E-state index is 12.9. The number of para-hydroxylation sites is 1. The van der Waals surface area contributed by atoms with E-state index >= 15 is 0 Å². The molecule has 4 rings (SSSR count). The minimum Gasteiger partial charge on any atom is -0.368 e. The van der Waals surface area contributed by atoms with Crippen LogP contribution in [0, 0.1) is 6.92 Å². The second-order valence-corrected chi connectivity index (χ2v) is 9.82. The molecule has 0 saturated carbocycles. The van der Waals surface area contributed by atoms with Gasteiger partial charge in [0.15, 0.2) is 0 Å². The molecule has 1 amide bonds. The molecule has 0 unspecified atom stereocenters. The number of hydrogen-bond donors (Lipinski definition) is 1. The van der Waals surface area contributed by atoms with E-state index in [9.17, 15) is 13.2 Å². The quantitative estimate of drug-likeness (QED) is 0.600. The fourth-order valence-corrected chi connectivity index (χ4v) is 5.02. The lowest BCUT2D eigenvalue weighted by atomic mass is 10.1. The second kappa shape index (κ2) is 9.22. The Labute approximate surface area is 193 Å². The number of aryl methyl sites for hydroxylation is 1. The van der Waals surface area contributed by atoms with Gasteiger partial charge in [0.05, 0.1) is 15.6 Å². The summed E-state index contributed by atoms with van der Waals surface area (Å²) in [5.41, 5.74) is 3.14. The Balaban J connectivity index is 1.41. The number of nitrogens with one attached hydrogen (secondary N) is 1. The van der Waals surface area contributed by atoms with Crippen molar-refractivity contribution in [3.8, 4) is 0 Å². The fourth-order valence-electron chi connectivity index (χ4n) is 3.70. The summed E-state index contributed by atoms with van der Waals surface area (Å²) in [6.07, 6.45) is 0. The van der Waals surface area contributed by atoms with Crippen LogP contribution in [0.3, 0.4) is 0 Å². The Morgan fingerprint density at radius 2 is 1.59 bits per heavy atom. The van der Waals surface area contributed by atoms with E-state index in [-0.39, 0.29) is 10.8 Å². The van der Waals surface area contributed by atoms with Gasteiger partial charge in [-0.3, -0.25) is 9.52 Å². The van der Waals surface area contributed by atoms with Crippen molar-refractivity contribution >= 4 is 38.9 Å². The molecule has 6 nitrogen and oxygen atoms in total. The van der Waals surface area contributed by atoms with Crippen LogP contribution in [0.5, 0.6) is 0 Å². The summed E-state index contributed by atoms with van der Waals surface area (Å²) in [5, 5.41) is 0.313. The normalized spacial score (nSPS) is 14.3. The second-order valence-electron chi connectivity index (χ2n) is 7.73. The number of halogens is 1. The third kappa shape index (κ3) is 4.89. The van der Waals surface area contributed by atoms with Crippen LogP contribution in [0.15, 0.2) is 77.7 Å². The lowest BCUT2D eigenvalue weighted by molar-refractivity contribution is 0.0746. The summed E-state index contributed by atoms with van der Waals surface area (Å²) in [4.78, 5) is 17.1. The Bertz CT molecular complexity index is 1220. The maximum atomic E-state index is 12.9. The molecular formula is C24H24ClN3O3S. The van der Waals surface area contributed by atoms with Crippen LogP contribution in [0.2, 0.25) is 5.02 Å². The van der Waals surface area contributed by atoms with Crippen molar-refractivity contribution in [1.82, 2.24) is 4.90 Å². The Morgan fingerprint density at radius 3 is 2.25 bits per heavy atom. The van der Waals surface area contributed by atoms with Crippen LogP contribution in [-0.2, 0) is 10.0 Å². The zero-order valence-electron chi connectivity index (χ0n) is 17.7. The van der Waals surface area contributed by atoms with Crippen molar-refractivity contribution in [2.24, 2.45) is 0 Å². The molecule has 0 aliphatic carbocycles. The number of sulfonamides is 1. The van der Waals surface area contributed by atoms with Gasteiger partial charge in [0.25, 0.3) is 15.9 Å². The van der Waals surface area contributed by atoms with Crippen molar-refractivity contribution in [3.05, 3.63) is 88.9 Å². The minimum atomic E-state index is -3.81. The van der Waals surface area contributed by atoms with Crippen LogP contribution in [-0.4, -0.2) is 45.4 Å². The van der Waals surface area contributed by atoms with Crippen molar-refractivity contribution in [2.75, 3.05) is 35.8 Å². The van der Waals surface area contributed by atoms with Crippen LogP contribution in [0.25, 0.3) is 0 Å². The number of rotatable bonds is 5. The number of hydrogen-bond acceptors (Lipinski definition) is 4. The zero-order chi connectivity index (χ0) is 22.7. The van der Waals surface area contributed by atoms with E-state index < -0.39 is 10.0 Å². The van der Waals surface area contributed by atoms with Gasteiger partial charge in [0.2, 0.25) is 0 Å². The highest BCUT2D eigenvalue weighted by molar-refractivity contribution is 7.92. The molecule has 1 saturated heterocycles. The monoisotopic (exact) mass is 469 g/mol. The Morgan fingerprint density at radius 1 is 0.906 bits per heavy atom. The highest BCUT2D eigenvalue weighted by atomic mass is 35.5. The standard InChI is InChI=1S/C24H24ClN3O3S/c1-18-5-4-6-20(17-18)27-13-15-28(16-14-27)24(29)19-9-11-21(12-10-19)32(30,31)26-23-8-3-2-7-22(23)25/h2-12,17,26H,13-16H2,1H3. The SMILES string of the molecule is Cc1cccc(N2CCN(C(=O)c3ccc(S(=O)(=O)Nc4ccccc4Cl)cc3)CC2)c1. The van der Waals surface area contributed by atoms with Crippen molar-refractivity contribution < 1.29 is 13.2 Å². The van der Waals surface area contributed by atoms with Gasteiger partial charge >= 0.3 is 0 Å².